The van der Waals surface area contributed by atoms with Crippen molar-refractivity contribution >= 4 is 42.2 Å². The molecule has 0 spiro atoms. The van der Waals surface area contributed by atoms with Crippen molar-refractivity contribution in [3.63, 3.8) is 0 Å². The molecule has 0 saturated carbocycles. The number of halogens is 1. The molecule has 2 saturated heterocycles. The summed E-state index contributed by atoms with van der Waals surface area (Å²) in [7, 11) is 5.09. The van der Waals surface area contributed by atoms with Crippen LogP contribution in [0.5, 0.6) is 0 Å². The van der Waals surface area contributed by atoms with Gasteiger partial charge >= 0.3 is 29.6 Å². The Balaban J connectivity index is 0. The first kappa shape index (κ1) is 24.0. The molecular weight excluding hydrogens is 454 g/mol. The van der Waals surface area contributed by atoms with E-state index in [0.717, 1.165) is 11.5 Å². The largest absolute Gasteiger partial charge is 1.00 e. The quantitative estimate of drug-likeness (QED) is 0.195. The Hall–Kier alpha value is 2.77. The summed E-state index contributed by atoms with van der Waals surface area (Å²) >= 11 is -5.94. The van der Waals surface area contributed by atoms with Crippen molar-refractivity contribution in [2.45, 2.75) is 25.7 Å². The van der Waals surface area contributed by atoms with Crippen molar-refractivity contribution in [1.82, 2.24) is 0 Å². The fraction of sp³-hybridized carbons (Fsp3) is 1.00. The predicted octanol–water partition coefficient (Wildman–Crippen LogP) is -7.41. The van der Waals surface area contributed by atoms with Crippen molar-refractivity contribution in [3.8, 4) is 0 Å². The minimum absolute atomic E-state index is 0. The Morgan fingerprint density at radius 3 is 1.42 bits per heavy atom. The summed E-state index contributed by atoms with van der Waals surface area (Å²) in [5.74, 6) is 4.78. The van der Waals surface area contributed by atoms with Crippen molar-refractivity contribution in [2.24, 2.45) is 0 Å². The van der Waals surface area contributed by atoms with E-state index >= 15 is 0 Å². The molecule has 5 nitrogen and oxygen atoms in total. The number of rotatable bonds is 0. The first-order chi connectivity index (χ1) is 8.39. The monoisotopic (exact) mass is 470 g/mol. The summed E-state index contributed by atoms with van der Waals surface area (Å²) in [4.78, 5) is 0. The first-order valence-electron chi connectivity index (χ1n) is 5.27. The first-order valence-corrected chi connectivity index (χ1v) is 14.1. The summed E-state index contributed by atoms with van der Waals surface area (Å²) in [6, 6.07) is 0. The smallest absolute Gasteiger partial charge is 0.286 e. The molecule has 0 bridgehead atoms. The minimum Gasteiger partial charge on any atom is -0.286 e. The van der Waals surface area contributed by atoms with Crippen molar-refractivity contribution in [1.29, 1.82) is 0 Å². The van der Waals surface area contributed by atoms with Gasteiger partial charge in [0.05, 0.1) is 9.83 Å². The Labute approximate surface area is 156 Å². The van der Waals surface area contributed by atoms with E-state index in [9.17, 15) is 4.21 Å². The fourth-order valence-electron chi connectivity index (χ4n) is 0.973. The summed E-state index contributed by atoms with van der Waals surface area (Å²) < 4.78 is 45.0. The molecular formula is C8H16INaO5S4. The van der Waals surface area contributed by atoms with Crippen molar-refractivity contribution in [2.75, 3.05) is 23.0 Å². The molecule has 1 atom stereocenters. The van der Waals surface area contributed by atoms with E-state index in [1.54, 1.807) is 10.8 Å². The molecule has 1 unspecified atom stereocenters. The van der Waals surface area contributed by atoms with E-state index in [1.165, 1.54) is 37.2 Å². The fourth-order valence-corrected chi connectivity index (χ4v) is 5.95. The average molecular weight is 470 g/mol. The standard InChI is InChI=1S/C4H8OS2.C4H8S2.IO4.Na/c5-7-4-2-1-3-6-7;1-2-4-6-5-3-1;2-1(3,4)5;/h1-4H2;1-4H2;;/q;;-1;+1. The second kappa shape index (κ2) is 15.7. The van der Waals surface area contributed by atoms with E-state index in [0.29, 0.717) is 0 Å². The molecule has 0 aromatic rings. The zero-order valence-electron chi connectivity index (χ0n) is 10.7. The van der Waals surface area contributed by atoms with Crippen LogP contribution in [0, 0.1) is 0 Å². The SMILES string of the molecule is C1CCSSC1.O=S1CCCCS1.[Na+].[O-][I+3]([O-])([O-])[O-]. The van der Waals surface area contributed by atoms with Crippen molar-refractivity contribution in [3.05, 3.63) is 0 Å². The van der Waals surface area contributed by atoms with E-state index in [-0.39, 0.29) is 29.6 Å². The van der Waals surface area contributed by atoms with Crippen LogP contribution in [0.4, 0.5) is 0 Å². The molecule has 2 aliphatic heterocycles. The average Bonchev–Trinajstić information content (AvgIpc) is 2.31. The van der Waals surface area contributed by atoms with Gasteiger partial charge in [-0.25, -0.2) is 4.21 Å². The van der Waals surface area contributed by atoms with Crippen LogP contribution in [0.15, 0.2) is 0 Å². The Kier molecular flexibility index (Phi) is 19.8. The predicted molar refractivity (Wildman–Crippen MR) is 68.9 cm³/mol. The Bertz CT molecular complexity index is 202. The molecule has 0 aromatic carbocycles. The molecule has 11 heteroatoms. The van der Waals surface area contributed by atoms with Crippen LogP contribution in [-0.2, 0) is 9.83 Å². The van der Waals surface area contributed by atoms with Gasteiger partial charge in [0.15, 0.2) is 0 Å². The molecule has 2 rings (SSSR count). The Morgan fingerprint density at radius 2 is 1.26 bits per heavy atom. The van der Waals surface area contributed by atoms with Crippen LogP contribution in [0.25, 0.3) is 0 Å². The second-order valence-corrected chi connectivity index (χ2v) is 11.6. The molecule has 2 fully saturated rings. The minimum atomic E-state index is -5.94. The molecule has 2 aliphatic rings. The van der Waals surface area contributed by atoms with Gasteiger partial charge in [0.25, 0.3) is 0 Å². The Morgan fingerprint density at radius 1 is 0.842 bits per heavy atom. The zero-order chi connectivity index (χ0) is 13.9. The third-order valence-electron chi connectivity index (χ3n) is 1.71. The van der Waals surface area contributed by atoms with Crippen LogP contribution in [0.2, 0.25) is 0 Å². The van der Waals surface area contributed by atoms with E-state index in [2.05, 4.69) is 0 Å². The summed E-state index contributed by atoms with van der Waals surface area (Å²) in [6.45, 7) is 0. The second-order valence-electron chi connectivity index (χ2n) is 3.27. The third-order valence-corrected chi connectivity index (χ3v) is 7.42. The van der Waals surface area contributed by atoms with E-state index in [4.69, 9.17) is 13.7 Å². The van der Waals surface area contributed by atoms with Gasteiger partial charge in [-0.05, 0) is 25.7 Å². The van der Waals surface area contributed by atoms with E-state index in [1.807, 2.05) is 21.6 Å². The number of hydrogen-bond acceptors (Lipinski definition) is 8. The van der Waals surface area contributed by atoms with Crippen LogP contribution in [-0.4, -0.2) is 27.2 Å². The van der Waals surface area contributed by atoms with E-state index < -0.39 is 29.9 Å². The normalized spacial score (nSPS) is 22.8. The topological polar surface area (TPSA) is 109 Å². The molecule has 0 radical (unpaired) electrons. The van der Waals surface area contributed by atoms with Gasteiger partial charge in [-0.1, -0.05) is 32.4 Å². The van der Waals surface area contributed by atoms with Crippen LogP contribution in [0.1, 0.15) is 25.7 Å². The third kappa shape index (κ3) is 26.0. The molecule has 0 aliphatic carbocycles. The van der Waals surface area contributed by atoms with Gasteiger partial charge < -0.3 is 0 Å². The maximum Gasteiger partial charge on any atom is 1.00 e. The molecule has 0 N–H and O–H groups in total. The van der Waals surface area contributed by atoms with Crippen molar-refractivity contribution < 1.29 is 67.6 Å². The number of hydrogen-bond donors (Lipinski definition) is 0. The molecule has 0 aromatic heterocycles. The van der Waals surface area contributed by atoms with Gasteiger partial charge in [0.2, 0.25) is 0 Å². The van der Waals surface area contributed by atoms with Gasteiger partial charge in [-0.3, -0.25) is 13.7 Å². The van der Waals surface area contributed by atoms with Crippen LogP contribution < -0.4 is 63.4 Å². The van der Waals surface area contributed by atoms with Gasteiger partial charge in [0, 0.05) is 23.0 Å². The molecule has 19 heavy (non-hydrogen) atoms. The maximum atomic E-state index is 10.5. The van der Waals surface area contributed by atoms with Gasteiger partial charge in [-0.2, -0.15) is 0 Å². The molecule has 2 heterocycles. The zero-order valence-corrected chi connectivity index (χ0v) is 18.1. The molecule has 110 valence electrons. The molecule has 0 amide bonds. The maximum absolute atomic E-state index is 10.5. The van der Waals surface area contributed by atoms with Crippen LogP contribution >= 0.6 is 32.4 Å². The van der Waals surface area contributed by atoms with Crippen LogP contribution in [0.3, 0.4) is 0 Å². The summed E-state index contributed by atoms with van der Waals surface area (Å²) in [6.07, 6.45) is 5.31. The van der Waals surface area contributed by atoms with Gasteiger partial charge in [0.1, 0.15) is 20.1 Å². The summed E-state index contributed by atoms with van der Waals surface area (Å²) in [5, 5.41) is 0. The summed E-state index contributed by atoms with van der Waals surface area (Å²) in [5.41, 5.74) is 0. The van der Waals surface area contributed by atoms with Gasteiger partial charge in [-0.15, -0.1) is 0 Å².